The first kappa shape index (κ1) is 16.0. The van der Waals surface area contributed by atoms with Crippen LogP contribution in [0.2, 0.25) is 0 Å². The summed E-state index contributed by atoms with van der Waals surface area (Å²) in [5, 5.41) is 4.31. The number of nitrogens with one attached hydrogen (secondary N) is 1. The molecular weight excluding hydrogens is 298 g/mol. The zero-order valence-electron chi connectivity index (χ0n) is 12.5. The van der Waals surface area contributed by atoms with Crippen LogP contribution in [0.25, 0.3) is 11.6 Å². The van der Waals surface area contributed by atoms with E-state index in [0.717, 1.165) is 16.0 Å². The van der Waals surface area contributed by atoms with E-state index in [0.29, 0.717) is 5.57 Å². The Bertz CT molecular complexity index is 690. The number of hydrogen-bond acceptors (Lipinski definition) is 4. The molecule has 0 fully saturated rings. The second-order valence-electron chi connectivity index (χ2n) is 4.70. The van der Waals surface area contributed by atoms with Crippen molar-refractivity contribution in [1.82, 2.24) is 5.32 Å². The number of thiophene rings is 1. The number of benzene rings is 1. The molecule has 0 radical (unpaired) electrons. The SMILES string of the molecule is CNC(=O)COC(=O)/C(=C/c1cccc(C)c1)c1cccs1. The summed E-state index contributed by atoms with van der Waals surface area (Å²) in [6.45, 7) is 1.71. The number of hydrogen-bond donors (Lipinski definition) is 1. The van der Waals surface area contributed by atoms with Crippen molar-refractivity contribution in [2.75, 3.05) is 13.7 Å². The molecular formula is C17H17NO3S. The lowest BCUT2D eigenvalue weighted by Crippen LogP contribution is -2.25. The largest absolute Gasteiger partial charge is 0.452 e. The van der Waals surface area contributed by atoms with Crippen molar-refractivity contribution < 1.29 is 14.3 Å². The zero-order valence-corrected chi connectivity index (χ0v) is 13.3. The molecule has 0 spiro atoms. The first-order valence-corrected chi connectivity index (χ1v) is 7.68. The molecule has 0 saturated carbocycles. The van der Waals surface area contributed by atoms with Gasteiger partial charge in [-0.3, -0.25) is 4.79 Å². The maximum absolute atomic E-state index is 12.3. The Labute approximate surface area is 133 Å². The Kier molecular flexibility index (Phi) is 5.49. The van der Waals surface area contributed by atoms with Crippen LogP contribution >= 0.6 is 11.3 Å². The van der Waals surface area contributed by atoms with Crippen LogP contribution in [0.4, 0.5) is 0 Å². The minimum absolute atomic E-state index is 0.286. The predicted octanol–water partition coefficient (Wildman–Crippen LogP) is 2.89. The van der Waals surface area contributed by atoms with Crippen molar-refractivity contribution in [3.8, 4) is 0 Å². The van der Waals surface area contributed by atoms with Gasteiger partial charge in [0.25, 0.3) is 5.91 Å². The average Bonchev–Trinajstić information content (AvgIpc) is 3.04. The molecule has 4 nitrogen and oxygen atoms in total. The number of ether oxygens (including phenoxy) is 1. The number of esters is 1. The number of carbonyl (C=O) groups excluding carboxylic acids is 2. The highest BCUT2D eigenvalue weighted by Gasteiger charge is 2.16. The molecule has 0 atom stereocenters. The van der Waals surface area contributed by atoms with Crippen molar-refractivity contribution in [1.29, 1.82) is 0 Å². The van der Waals surface area contributed by atoms with Gasteiger partial charge in [-0.1, -0.05) is 35.9 Å². The van der Waals surface area contributed by atoms with E-state index in [4.69, 9.17) is 4.74 Å². The molecule has 0 aliphatic carbocycles. The minimum atomic E-state index is -0.507. The van der Waals surface area contributed by atoms with Gasteiger partial charge in [0.05, 0.1) is 5.57 Å². The van der Waals surface area contributed by atoms with Crippen LogP contribution in [0.15, 0.2) is 41.8 Å². The maximum Gasteiger partial charge on any atom is 0.340 e. The summed E-state index contributed by atoms with van der Waals surface area (Å²) >= 11 is 1.45. The van der Waals surface area contributed by atoms with Crippen LogP contribution in [0.5, 0.6) is 0 Å². The third-order valence-electron chi connectivity index (χ3n) is 2.97. The van der Waals surface area contributed by atoms with Gasteiger partial charge in [-0.15, -0.1) is 11.3 Å². The predicted molar refractivity (Wildman–Crippen MR) is 88.4 cm³/mol. The minimum Gasteiger partial charge on any atom is -0.452 e. The summed E-state index contributed by atoms with van der Waals surface area (Å²) in [5.41, 5.74) is 2.47. The van der Waals surface area contributed by atoms with Crippen LogP contribution in [0.3, 0.4) is 0 Å². The standard InChI is InChI=1S/C17H17NO3S/c1-12-5-3-6-13(9-12)10-14(15-7-4-8-22-15)17(20)21-11-16(19)18-2/h3-10H,11H2,1-2H3,(H,18,19)/b14-10+. The number of amides is 1. The lowest BCUT2D eigenvalue weighted by Gasteiger charge is -2.07. The van der Waals surface area contributed by atoms with E-state index < -0.39 is 5.97 Å². The van der Waals surface area contributed by atoms with E-state index in [-0.39, 0.29) is 12.5 Å². The normalized spacial score (nSPS) is 11.1. The van der Waals surface area contributed by atoms with Gasteiger partial charge in [0.15, 0.2) is 6.61 Å². The maximum atomic E-state index is 12.3. The van der Waals surface area contributed by atoms with Gasteiger partial charge in [0.2, 0.25) is 0 Å². The van der Waals surface area contributed by atoms with Crippen molar-refractivity contribution in [2.45, 2.75) is 6.92 Å². The third kappa shape index (κ3) is 4.30. The summed E-state index contributed by atoms with van der Waals surface area (Å²) in [4.78, 5) is 24.3. The zero-order chi connectivity index (χ0) is 15.9. The topological polar surface area (TPSA) is 55.4 Å². The monoisotopic (exact) mass is 315 g/mol. The molecule has 1 heterocycles. The van der Waals surface area contributed by atoms with Gasteiger partial charge in [-0.2, -0.15) is 0 Å². The van der Waals surface area contributed by atoms with Crippen LogP contribution in [0.1, 0.15) is 16.0 Å². The van der Waals surface area contributed by atoms with Crippen LogP contribution in [-0.2, 0) is 14.3 Å². The molecule has 22 heavy (non-hydrogen) atoms. The highest BCUT2D eigenvalue weighted by Crippen LogP contribution is 2.24. The van der Waals surface area contributed by atoms with Crippen molar-refractivity contribution in [3.63, 3.8) is 0 Å². The van der Waals surface area contributed by atoms with Crippen molar-refractivity contribution in [2.24, 2.45) is 0 Å². The van der Waals surface area contributed by atoms with Crippen LogP contribution in [0, 0.1) is 6.92 Å². The molecule has 0 aliphatic rings. The first-order valence-electron chi connectivity index (χ1n) is 6.80. The van der Waals surface area contributed by atoms with E-state index >= 15 is 0 Å². The van der Waals surface area contributed by atoms with E-state index in [1.165, 1.54) is 18.4 Å². The molecule has 0 unspecified atom stereocenters. The summed E-state index contributed by atoms with van der Waals surface area (Å²) in [7, 11) is 1.50. The van der Waals surface area contributed by atoms with Gasteiger partial charge in [-0.25, -0.2) is 4.79 Å². The van der Waals surface area contributed by atoms with Crippen LogP contribution in [-0.4, -0.2) is 25.5 Å². The van der Waals surface area contributed by atoms with Gasteiger partial charge in [0.1, 0.15) is 0 Å². The second kappa shape index (κ2) is 7.56. The Hall–Kier alpha value is -2.40. The molecule has 2 aromatic rings. The lowest BCUT2D eigenvalue weighted by atomic mass is 10.1. The van der Waals surface area contributed by atoms with Gasteiger partial charge in [0, 0.05) is 11.9 Å². The Morgan fingerprint density at radius 1 is 1.27 bits per heavy atom. The summed E-state index contributed by atoms with van der Waals surface area (Å²) in [6, 6.07) is 11.6. The Morgan fingerprint density at radius 2 is 2.09 bits per heavy atom. The van der Waals surface area contributed by atoms with Crippen molar-refractivity contribution in [3.05, 3.63) is 57.8 Å². The molecule has 1 N–H and O–H groups in total. The molecule has 1 aromatic carbocycles. The lowest BCUT2D eigenvalue weighted by molar-refractivity contribution is -0.142. The highest BCUT2D eigenvalue weighted by molar-refractivity contribution is 7.11. The van der Waals surface area contributed by atoms with Gasteiger partial charge < -0.3 is 10.1 Å². The molecule has 0 aliphatic heterocycles. The average molecular weight is 315 g/mol. The van der Waals surface area contributed by atoms with E-state index in [1.807, 2.05) is 48.7 Å². The highest BCUT2D eigenvalue weighted by atomic mass is 32.1. The van der Waals surface area contributed by atoms with E-state index in [9.17, 15) is 9.59 Å². The summed E-state index contributed by atoms with van der Waals surface area (Å²) in [6.07, 6.45) is 1.78. The second-order valence-corrected chi connectivity index (χ2v) is 5.65. The molecule has 1 amide bonds. The Morgan fingerprint density at radius 3 is 2.73 bits per heavy atom. The molecule has 2 rings (SSSR count). The quantitative estimate of drug-likeness (QED) is 0.682. The molecule has 1 aromatic heterocycles. The molecule has 5 heteroatoms. The van der Waals surface area contributed by atoms with Gasteiger partial charge in [-0.05, 0) is 30.0 Å². The number of rotatable bonds is 5. The first-order chi connectivity index (χ1) is 10.6. The summed E-state index contributed by atoms with van der Waals surface area (Å²) in [5.74, 6) is -0.845. The fraction of sp³-hybridized carbons (Fsp3) is 0.176. The Balaban J connectivity index is 2.27. The fourth-order valence-electron chi connectivity index (χ4n) is 1.87. The molecule has 114 valence electrons. The molecule has 0 saturated heterocycles. The van der Waals surface area contributed by atoms with Crippen molar-refractivity contribution >= 4 is 34.9 Å². The number of aryl methyl sites for hydroxylation is 1. The van der Waals surface area contributed by atoms with E-state index in [2.05, 4.69) is 5.32 Å². The van der Waals surface area contributed by atoms with Crippen LogP contribution < -0.4 is 5.32 Å². The molecule has 0 bridgehead atoms. The summed E-state index contributed by atoms with van der Waals surface area (Å²) < 4.78 is 5.07. The fourth-order valence-corrected chi connectivity index (χ4v) is 2.60. The third-order valence-corrected chi connectivity index (χ3v) is 3.88. The smallest absolute Gasteiger partial charge is 0.340 e. The van der Waals surface area contributed by atoms with Gasteiger partial charge >= 0.3 is 5.97 Å². The van der Waals surface area contributed by atoms with E-state index in [1.54, 1.807) is 6.08 Å². The number of likely N-dealkylation sites (N-methyl/N-ethyl adjacent to an activating group) is 1. The number of carbonyl (C=O) groups is 2.